The summed E-state index contributed by atoms with van der Waals surface area (Å²) in [6, 6.07) is 4.64. The molecule has 0 saturated carbocycles. The fraction of sp³-hybridized carbons (Fsp3) is 0.273. The molecule has 1 aromatic rings. The van der Waals surface area contributed by atoms with E-state index in [2.05, 4.69) is 5.32 Å². The van der Waals surface area contributed by atoms with Gasteiger partial charge in [-0.05, 0) is 18.2 Å². The van der Waals surface area contributed by atoms with Gasteiger partial charge in [-0.2, -0.15) is 0 Å². The van der Waals surface area contributed by atoms with Gasteiger partial charge in [0.2, 0.25) is 5.91 Å². The van der Waals surface area contributed by atoms with Gasteiger partial charge >= 0.3 is 0 Å². The highest BCUT2D eigenvalue weighted by Gasteiger charge is 2.12. The van der Waals surface area contributed by atoms with Gasteiger partial charge in [-0.3, -0.25) is 14.4 Å². The molecule has 17 heavy (non-hydrogen) atoms. The monoisotopic (exact) mass is 237 g/mol. The zero-order chi connectivity index (χ0) is 13.0. The quantitative estimate of drug-likeness (QED) is 0.603. The molecule has 0 heterocycles. The molecule has 1 aromatic carbocycles. The lowest BCUT2D eigenvalue weighted by Gasteiger charge is -2.14. The van der Waals surface area contributed by atoms with Crippen LogP contribution >= 0.6 is 0 Å². The molecule has 0 aliphatic rings. The topological polar surface area (TPSA) is 84.7 Å². The largest absolute Gasteiger partial charge is 0.397 e. The van der Waals surface area contributed by atoms with Crippen molar-refractivity contribution >= 4 is 23.2 Å². The summed E-state index contributed by atoms with van der Waals surface area (Å²) in [5.41, 5.74) is 6.92. The van der Waals surface area contributed by atoms with Crippen LogP contribution in [0.5, 0.6) is 0 Å². The van der Waals surface area contributed by atoms with Gasteiger partial charge in [-0.1, -0.05) is 0 Å². The minimum atomic E-state index is -0.312. The number of amides is 2. The lowest BCUT2D eigenvalue weighted by Crippen LogP contribution is -2.25. The van der Waals surface area contributed by atoms with Crippen LogP contribution in [0.15, 0.2) is 18.2 Å². The van der Waals surface area contributed by atoms with E-state index in [0.29, 0.717) is 16.9 Å². The second kappa shape index (κ2) is 5.31. The molecule has 92 valence electrons. The maximum absolute atomic E-state index is 11.7. The SMILES string of the molecule is CON(C)C(=O)c1ccc(NC(C)=O)c(N)c1. The first kappa shape index (κ1) is 13.0. The third-order valence-electron chi connectivity index (χ3n) is 2.17. The van der Waals surface area contributed by atoms with E-state index in [1.54, 1.807) is 12.1 Å². The number of carbonyl (C=O) groups is 2. The summed E-state index contributed by atoms with van der Waals surface area (Å²) in [6.45, 7) is 1.39. The molecule has 0 fully saturated rings. The minimum absolute atomic E-state index is 0.218. The highest BCUT2D eigenvalue weighted by atomic mass is 16.7. The first-order chi connectivity index (χ1) is 7.95. The molecular weight excluding hydrogens is 222 g/mol. The number of hydroxylamine groups is 2. The average Bonchev–Trinajstić information content (AvgIpc) is 2.29. The maximum Gasteiger partial charge on any atom is 0.277 e. The van der Waals surface area contributed by atoms with Crippen molar-refractivity contribution in [1.29, 1.82) is 0 Å². The fourth-order valence-electron chi connectivity index (χ4n) is 1.26. The highest BCUT2D eigenvalue weighted by molar-refractivity contribution is 5.97. The number of nitrogens with one attached hydrogen (secondary N) is 1. The zero-order valence-corrected chi connectivity index (χ0v) is 9.98. The summed E-state index contributed by atoms with van der Waals surface area (Å²) in [5, 5.41) is 3.65. The van der Waals surface area contributed by atoms with Crippen molar-refractivity contribution < 1.29 is 14.4 Å². The molecule has 1 rings (SSSR count). The van der Waals surface area contributed by atoms with E-state index in [9.17, 15) is 9.59 Å². The van der Waals surface area contributed by atoms with Gasteiger partial charge in [0.05, 0.1) is 18.5 Å². The Kier molecular flexibility index (Phi) is 4.06. The molecule has 6 nitrogen and oxygen atoms in total. The molecule has 6 heteroatoms. The standard InChI is InChI=1S/C11H15N3O3/c1-7(15)13-10-5-4-8(6-9(10)12)11(16)14(2)17-3/h4-6H,12H2,1-3H3,(H,13,15). The number of hydrogen-bond donors (Lipinski definition) is 2. The van der Waals surface area contributed by atoms with Crippen molar-refractivity contribution in [1.82, 2.24) is 5.06 Å². The van der Waals surface area contributed by atoms with Crippen molar-refractivity contribution in [2.24, 2.45) is 0 Å². The van der Waals surface area contributed by atoms with E-state index in [1.807, 2.05) is 0 Å². The molecule has 2 amide bonds. The van der Waals surface area contributed by atoms with Gasteiger partial charge < -0.3 is 11.1 Å². The van der Waals surface area contributed by atoms with Crippen LogP contribution in [-0.4, -0.2) is 31.0 Å². The van der Waals surface area contributed by atoms with Crippen molar-refractivity contribution in [3.63, 3.8) is 0 Å². The number of nitrogens with zero attached hydrogens (tertiary/aromatic N) is 1. The number of rotatable bonds is 3. The normalized spacial score (nSPS) is 9.82. The van der Waals surface area contributed by atoms with Crippen LogP contribution in [0.25, 0.3) is 0 Å². The molecule has 0 aliphatic carbocycles. The maximum atomic E-state index is 11.7. The van der Waals surface area contributed by atoms with Crippen LogP contribution in [0.3, 0.4) is 0 Å². The molecule has 3 N–H and O–H groups in total. The summed E-state index contributed by atoms with van der Waals surface area (Å²) in [4.78, 5) is 27.4. The van der Waals surface area contributed by atoms with Gasteiger partial charge in [-0.25, -0.2) is 5.06 Å². The molecule has 0 aliphatic heterocycles. The van der Waals surface area contributed by atoms with Crippen LogP contribution in [0.4, 0.5) is 11.4 Å². The number of benzene rings is 1. The third-order valence-corrected chi connectivity index (χ3v) is 2.17. The zero-order valence-electron chi connectivity index (χ0n) is 9.98. The van der Waals surface area contributed by atoms with Crippen molar-refractivity contribution in [2.45, 2.75) is 6.92 Å². The molecule has 0 saturated heterocycles. The summed E-state index contributed by atoms with van der Waals surface area (Å²) in [7, 11) is 2.90. The van der Waals surface area contributed by atoms with E-state index < -0.39 is 0 Å². The first-order valence-electron chi connectivity index (χ1n) is 4.95. The van der Waals surface area contributed by atoms with E-state index in [1.165, 1.54) is 27.1 Å². The molecule has 0 radical (unpaired) electrons. The van der Waals surface area contributed by atoms with Gasteiger partial charge in [-0.15, -0.1) is 0 Å². The Morgan fingerprint density at radius 3 is 2.53 bits per heavy atom. The fourth-order valence-corrected chi connectivity index (χ4v) is 1.26. The minimum Gasteiger partial charge on any atom is -0.397 e. The molecule has 0 aromatic heterocycles. The smallest absolute Gasteiger partial charge is 0.277 e. The Bertz CT molecular complexity index is 446. The first-order valence-corrected chi connectivity index (χ1v) is 4.95. The van der Waals surface area contributed by atoms with Crippen LogP contribution in [0, 0.1) is 0 Å². The molecular formula is C11H15N3O3. The molecule has 0 atom stereocenters. The summed E-state index contributed by atoms with van der Waals surface area (Å²) < 4.78 is 0. The van der Waals surface area contributed by atoms with E-state index in [4.69, 9.17) is 10.6 Å². The van der Waals surface area contributed by atoms with E-state index in [-0.39, 0.29) is 11.8 Å². The lowest BCUT2D eigenvalue weighted by molar-refractivity contribution is -0.114. The Hall–Kier alpha value is -2.08. The third kappa shape index (κ3) is 3.18. The number of nitrogen functional groups attached to an aromatic ring is 1. The summed E-state index contributed by atoms with van der Waals surface area (Å²) in [5.74, 6) is -0.529. The molecule has 0 unspecified atom stereocenters. The number of hydrogen-bond acceptors (Lipinski definition) is 4. The predicted molar refractivity (Wildman–Crippen MR) is 64.3 cm³/mol. The van der Waals surface area contributed by atoms with Crippen molar-refractivity contribution in [3.8, 4) is 0 Å². The van der Waals surface area contributed by atoms with Gasteiger partial charge in [0.1, 0.15) is 0 Å². The number of carbonyl (C=O) groups excluding carboxylic acids is 2. The van der Waals surface area contributed by atoms with Crippen LogP contribution in [0.2, 0.25) is 0 Å². The van der Waals surface area contributed by atoms with Crippen molar-refractivity contribution in [2.75, 3.05) is 25.2 Å². The number of anilines is 2. The highest BCUT2D eigenvalue weighted by Crippen LogP contribution is 2.20. The number of nitrogens with two attached hydrogens (primary N) is 1. The predicted octanol–water partition coefficient (Wildman–Crippen LogP) is 0.861. The van der Waals surface area contributed by atoms with Crippen LogP contribution in [0.1, 0.15) is 17.3 Å². The van der Waals surface area contributed by atoms with Crippen LogP contribution < -0.4 is 11.1 Å². The summed E-state index contributed by atoms with van der Waals surface area (Å²) in [6.07, 6.45) is 0. The molecule has 0 bridgehead atoms. The lowest BCUT2D eigenvalue weighted by atomic mass is 10.1. The Balaban J connectivity index is 2.96. The van der Waals surface area contributed by atoms with E-state index >= 15 is 0 Å². The Morgan fingerprint density at radius 1 is 1.41 bits per heavy atom. The van der Waals surface area contributed by atoms with Crippen molar-refractivity contribution in [3.05, 3.63) is 23.8 Å². The summed E-state index contributed by atoms with van der Waals surface area (Å²) >= 11 is 0. The van der Waals surface area contributed by atoms with Gasteiger partial charge in [0, 0.05) is 19.5 Å². The Labute approximate surface area is 99.3 Å². The average molecular weight is 237 g/mol. The van der Waals surface area contributed by atoms with Crippen LogP contribution in [-0.2, 0) is 9.63 Å². The second-order valence-corrected chi connectivity index (χ2v) is 3.47. The van der Waals surface area contributed by atoms with E-state index in [0.717, 1.165) is 5.06 Å². The van der Waals surface area contributed by atoms with Gasteiger partial charge in [0.15, 0.2) is 0 Å². The second-order valence-electron chi connectivity index (χ2n) is 3.47. The van der Waals surface area contributed by atoms with Gasteiger partial charge in [0.25, 0.3) is 5.91 Å². The molecule has 0 spiro atoms. The Morgan fingerprint density at radius 2 is 2.06 bits per heavy atom.